The number of carbonyl (C=O) groups is 1. The molecule has 30 heavy (non-hydrogen) atoms. The number of para-hydroxylation sites is 2. The molecular weight excluding hydrogens is 380 g/mol. The molecule has 0 aliphatic heterocycles. The third-order valence-electron chi connectivity index (χ3n) is 4.45. The highest BCUT2D eigenvalue weighted by atomic mass is 16.5. The van der Waals surface area contributed by atoms with Gasteiger partial charge in [0, 0.05) is 16.6 Å². The lowest BCUT2D eigenvalue weighted by Gasteiger charge is -2.08. The van der Waals surface area contributed by atoms with Gasteiger partial charge in [0.25, 0.3) is 5.91 Å². The van der Waals surface area contributed by atoms with Crippen molar-refractivity contribution < 1.29 is 18.7 Å². The first-order chi connectivity index (χ1) is 14.7. The van der Waals surface area contributed by atoms with Gasteiger partial charge in [-0.15, -0.1) is 0 Å². The molecule has 1 amide bonds. The Hall–Kier alpha value is -4.24. The van der Waals surface area contributed by atoms with Gasteiger partial charge in [-0.05, 0) is 42.5 Å². The smallest absolute Gasteiger partial charge is 0.291 e. The molecule has 0 radical (unpaired) electrons. The topological polar surface area (TPSA) is 84.5 Å². The van der Waals surface area contributed by atoms with Crippen LogP contribution in [0, 0.1) is 11.3 Å². The van der Waals surface area contributed by atoms with E-state index in [2.05, 4.69) is 5.32 Å². The first-order valence-electron chi connectivity index (χ1n) is 9.34. The summed E-state index contributed by atoms with van der Waals surface area (Å²) in [5.41, 5.74) is 1.88. The van der Waals surface area contributed by atoms with E-state index in [0.717, 1.165) is 5.39 Å². The van der Waals surface area contributed by atoms with Gasteiger partial charge >= 0.3 is 0 Å². The van der Waals surface area contributed by atoms with Gasteiger partial charge in [0.1, 0.15) is 29.8 Å². The molecular formula is C24H18N2O4. The van der Waals surface area contributed by atoms with Gasteiger partial charge in [-0.1, -0.05) is 36.4 Å². The van der Waals surface area contributed by atoms with Crippen LogP contribution >= 0.6 is 0 Å². The highest BCUT2D eigenvalue weighted by molar-refractivity contribution is 6.06. The summed E-state index contributed by atoms with van der Waals surface area (Å²) in [7, 11) is 0. The lowest BCUT2D eigenvalue weighted by molar-refractivity contribution is 0.0995. The summed E-state index contributed by atoms with van der Waals surface area (Å²) in [4.78, 5) is 12.9. The van der Waals surface area contributed by atoms with E-state index in [1.807, 2.05) is 60.7 Å². The predicted molar refractivity (Wildman–Crippen MR) is 112 cm³/mol. The van der Waals surface area contributed by atoms with E-state index in [4.69, 9.17) is 19.2 Å². The van der Waals surface area contributed by atoms with Crippen LogP contribution in [0.1, 0.15) is 16.1 Å². The van der Waals surface area contributed by atoms with Crippen molar-refractivity contribution in [2.45, 2.75) is 6.61 Å². The third-order valence-corrected chi connectivity index (χ3v) is 4.45. The van der Waals surface area contributed by atoms with Crippen molar-refractivity contribution in [3.8, 4) is 17.6 Å². The second-order valence-corrected chi connectivity index (χ2v) is 6.43. The van der Waals surface area contributed by atoms with Gasteiger partial charge in [0.15, 0.2) is 12.4 Å². The zero-order valence-corrected chi connectivity index (χ0v) is 16.0. The average molecular weight is 398 g/mol. The van der Waals surface area contributed by atoms with E-state index in [1.165, 1.54) is 0 Å². The zero-order chi connectivity index (χ0) is 20.8. The summed E-state index contributed by atoms with van der Waals surface area (Å²) in [5.74, 6) is 1.10. The largest absolute Gasteiger partial charge is 0.489 e. The van der Waals surface area contributed by atoms with Gasteiger partial charge in [-0.25, -0.2) is 0 Å². The molecule has 0 spiro atoms. The van der Waals surface area contributed by atoms with E-state index in [9.17, 15) is 4.79 Å². The summed E-state index contributed by atoms with van der Waals surface area (Å²) in [6.45, 7) is 0.167. The Morgan fingerprint density at radius 3 is 2.37 bits per heavy atom. The molecule has 0 atom stereocenters. The van der Waals surface area contributed by atoms with E-state index < -0.39 is 0 Å². The van der Waals surface area contributed by atoms with Crippen LogP contribution in [-0.2, 0) is 6.61 Å². The molecule has 4 rings (SSSR count). The number of nitrogens with zero attached hydrogens (tertiary/aromatic N) is 1. The van der Waals surface area contributed by atoms with Crippen molar-refractivity contribution in [2.75, 3.05) is 11.9 Å². The molecule has 6 heteroatoms. The molecule has 1 heterocycles. The Kier molecular flexibility index (Phi) is 5.63. The fraction of sp³-hybridized carbons (Fsp3) is 0.0833. The second kappa shape index (κ2) is 8.84. The normalized spacial score (nSPS) is 10.4. The summed E-state index contributed by atoms with van der Waals surface area (Å²) < 4.78 is 16.9. The number of nitriles is 1. The molecule has 148 valence electrons. The molecule has 6 nitrogen and oxygen atoms in total. The van der Waals surface area contributed by atoms with E-state index in [0.29, 0.717) is 28.3 Å². The Morgan fingerprint density at radius 1 is 0.900 bits per heavy atom. The Labute approximate surface area is 173 Å². The van der Waals surface area contributed by atoms with Crippen molar-refractivity contribution >= 4 is 22.6 Å². The number of ether oxygens (including phenoxy) is 2. The Balaban J connectivity index is 1.56. The number of carbonyl (C=O) groups excluding carboxylic acids is 1. The quantitative estimate of drug-likeness (QED) is 0.464. The van der Waals surface area contributed by atoms with E-state index in [-0.39, 0.29) is 24.9 Å². The van der Waals surface area contributed by atoms with Crippen LogP contribution in [0.5, 0.6) is 11.5 Å². The lowest BCUT2D eigenvalue weighted by atomic mass is 10.1. The van der Waals surface area contributed by atoms with Crippen LogP contribution in [-0.4, -0.2) is 12.5 Å². The van der Waals surface area contributed by atoms with Crippen molar-refractivity contribution in [1.29, 1.82) is 5.26 Å². The zero-order valence-electron chi connectivity index (χ0n) is 16.0. The molecule has 4 aromatic rings. The summed E-state index contributed by atoms with van der Waals surface area (Å²) >= 11 is 0. The van der Waals surface area contributed by atoms with Crippen molar-refractivity contribution in [3.63, 3.8) is 0 Å². The standard InChI is InChI=1S/C24H18N2O4/c25-14-15-28-19-12-10-17(11-13-19)26-24(27)23-21(16-29-18-6-2-1-3-7-18)20-8-4-5-9-22(20)30-23/h1-13H,15-16H2,(H,26,27). The van der Waals surface area contributed by atoms with E-state index >= 15 is 0 Å². The van der Waals surface area contributed by atoms with Gasteiger partial charge in [0.05, 0.1) is 0 Å². The Morgan fingerprint density at radius 2 is 1.60 bits per heavy atom. The van der Waals surface area contributed by atoms with E-state index in [1.54, 1.807) is 24.3 Å². The Bertz CT molecular complexity index is 1190. The van der Waals surface area contributed by atoms with Gasteiger partial charge in [-0.2, -0.15) is 5.26 Å². The minimum atomic E-state index is -0.372. The highest BCUT2D eigenvalue weighted by Crippen LogP contribution is 2.28. The minimum Gasteiger partial charge on any atom is -0.489 e. The number of anilines is 1. The lowest BCUT2D eigenvalue weighted by Crippen LogP contribution is -2.13. The molecule has 0 saturated carbocycles. The number of hydrogen-bond donors (Lipinski definition) is 1. The maximum Gasteiger partial charge on any atom is 0.291 e. The number of hydrogen-bond acceptors (Lipinski definition) is 5. The number of benzene rings is 3. The van der Waals surface area contributed by atoms with Crippen LogP contribution in [0.3, 0.4) is 0 Å². The monoisotopic (exact) mass is 398 g/mol. The molecule has 0 bridgehead atoms. The van der Waals surface area contributed by atoms with Crippen molar-refractivity contribution in [3.05, 3.63) is 90.2 Å². The number of furan rings is 1. The maximum atomic E-state index is 12.9. The summed E-state index contributed by atoms with van der Waals surface area (Å²) in [5, 5.41) is 12.2. The highest BCUT2D eigenvalue weighted by Gasteiger charge is 2.21. The first kappa shape index (κ1) is 19.1. The average Bonchev–Trinajstić information content (AvgIpc) is 3.17. The van der Waals surface area contributed by atoms with Crippen molar-refractivity contribution in [2.24, 2.45) is 0 Å². The van der Waals surface area contributed by atoms with Crippen LogP contribution in [0.2, 0.25) is 0 Å². The maximum absolute atomic E-state index is 12.9. The van der Waals surface area contributed by atoms with Crippen LogP contribution < -0.4 is 14.8 Å². The molecule has 0 aliphatic rings. The number of rotatable bonds is 7. The number of amides is 1. The molecule has 0 unspecified atom stereocenters. The molecule has 3 aromatic carbocycles. The van der Waals surface area contributed by atoms with Gasteiger partial charge in [0.2, 0.25) is 0 Å². The molecule has 0 saturated heterocycles. The second-order valence-electron chi connectivity index (χ2n) is 6.43. The predicted octanol–water partition coefficient (Wildman–Crippen LogP) is 5.17. The molecule has 1 aromatic heterocycles. The van der Waals surface area contributed by atoms with Crippen LogP contribution in [0.15, 0.2) is 83.3 Å². The fourth-order valence-electron chi connectivity index (χ4n) is 3.04. The summed E-state index contributed by atoms with van der Waals surface area (Å²) in [6, 6.07) is 25.6. The van der Waals surface area contributed by atoms with Crippen LogP contribution in [0.25, 0.3) is 11.0 Å². The first-order valence-corrected chi connectivity index (χ1v) is 9.34. The van der Waals surface area contributed by atoms with Crippen LogP contribution in [0.4, 0.5) is 5.69 Å². The number of nitrogens with one attached hydrogen (secondary N) is 1. The SMILES string of the molecule is N#CCOc1ccc(NC(=O)c2oc3ccccc3c2COc2ccccc2)cc1. The summed E-state index contributed by atoms with van der Waals surface area (Å²) in [6.07, 6.45) is 0. The molecule has 1 N–H and O–H groups in total. The number of fused-ring (bicyclic) bond motifs is 1. The molecule has 0 aliphatic carbocycles. The minimum absolute atomic E-state index is 0.0323. The fourth-order valence-corrected chi connectivity index (χ4v) is 3.04. The molecule has 0 fully saturated rings. The van der Waals surface area contributed by atoms with Crippen molar-refractivity contribution in [1.82, 2.24) is 0 Å². The third kappa shape index (κ3) is 4.26. The van der Waals surface area contributed by atoms with Gasteiger partial charge < -0.3 is 19.2 Å². The van der Waals surface area contributed by atoms with Gasteiger partial charge in [-0.3, -0.25) is 4.79 Å².